The molecule has 1 atom stereocenters. The van der Waals surface area contributed by atoms with Crippen LogP contribution in [0.1, 0.15) is 6.92 Å². The van der Waals surface area contributed by atoms with Crippen LogP contribution in [0.2, 0.25) is 0 Å². The second-order valence-electron chi connectivity index (χ2n) is 5.53. The average Bonchev–Trinajstić information content (AvgIpc) is 2.98. The quantitative estimate of drug-likeness (QED) is 0.514. The van der Waals surface area contributed by atoms with Gasteiger partial charge in [-0.2, -0.15) is 0 Å². The zero-order valence-corrected chi connectivity index (χ0v) is 14.8. The fraction of sp³-hybridized carbons (Fsp3) is 0.118. The van der Waals surface area contributed by atoms with Crippen LogP contribution in [-0.2, 0) is 4.79 Å². The van der Waals surface area contributed by atoms with E-state index < -0.39 is 28.6 Å². The Kier molecular flexibility index (Phi) is 5.36. The van der Waals surface area contributed by atoms with Crippen LogP contribution in [-0.4, -0.2) is 26.0 Å². The molecule has 0 aliphatic heterocycles. The van der Waals surface area contributed by atoms with Gasteiger partial charge in [0, 0.05) is 6.07 Å². The largest absolute Gasteiger partial charge is 0.335 e. The number of anilines is 1. The number of nitrogen functional groups attached to an aromatic ring is 1. The molecule has 0 aliphatic carbocycles. The van der Waals surface area contributed by atoms with Crippen molar-refractivity contribution in [2.24, 2.45) is 0 Å². The molecule has 6 nitrogen and oxygen atoms in total. The van der Waals surface area contributed by atoms with E-state index in [1.165, 1.54) is 18.2 Å². The van der Waals surface area contributed by atoms with Gasteiger partial charge in [-0.25, -0.2) is 17.8 Å². The van der Waals surface area contributed by atoms with E-state index in [1.54, 1.807) is 13.0 Å². The van der Waals surface area contributed by atoms with Crippen molar-refractivity contribution in [3.63, 3.8) is 0 Å². The summed E-state index contributed by atoms with van der Waals surface area (Å²) >= 11 is 0.961. The SMILES string of the molecule is C[C@@H](Sc1nnc(-c2ccccc2F)n1N)C(=O)Nc1ccc(F)cc1F. The zero-order valence-electron chi connectivity index (χ0n) is 14.0. The van der Waals surface area contributed by atoms with Crippen LogP contribution in [0.4, 0.5) is 18.9 Å². The maximum absolute atomic E-state index is 13.9. The number of aromatic nitrogens is 3. The molecule has 1 aromatic heterocycles. The molecule has 3 aromatic rings. The summed E-state index contributed by atoms with van der Waals surface area (Å²) in [5, 5.41) is 9.55. The lowest BCUT2D eigenvalue weighted by Gasteiger charge is -2.12. The summed E-state index contributed by atoms with van der Waals surface area (Å²) in [5.41, 5.74) is 0.0277. The minimum absolute atomic E-state index is 0.104. The first kappa shape index (κ1) is 18.8. The smallest absolute Gasteiger partial charge is 0.237 e. The van der Waals surface area contributed by atoms with Crippen LogP contribution < -0.4 is 11.2 Å². The minimum atomic E-state index is -0.885. The summed E-state index contributed by atoms with van der Waals surface area (Å²) in [6.45, 7) is 1.55. The molecule has 0 fully saturated rings. The van der Waals surface area contributed by atoms with Gasteiger partial charge in [0.25, 0.3) is 0 Å². The van der Waals surface area contributed by atoms with Crippen molar-refractivity contribution in [1.29, 1.82) is 0 Å². The minimum Gasteiger partial charge on any atom is -0.335 e. The first-order chi connectivity index (χ1) is 12.9. The molecule has 3 rings (SSSR count). The number of carbonyl (C=O) groups is 1. The first-order valence-electron chi connectivity index (χ1n) is 7.74. The molecule has 3 N–H and O–H groups in total. The van der Waals surface area contributed by atoms with Crippen molar-refractivity contribution in [1.82, 2.24) is 14.9 Å². The molecule has 0 bridgehead atoms. The summed E-state index contributed by atoms with van der Waals surface area (Å²) in [6, 6.07) is 8.77. The second-order valence-corrected chi connectivity index (χ2v) is 6.84. The summed E-state index contributed by atoms with van der Waals surface area (Å²) in [6.07, 6.45) is 0. The van der Waals surface area contributed by atoms with Crippen LogP contribution in [0.3, 0.4) is 0 Å². The number of rotatable bonds is 5. The highest BCUT2D eigenvalue weighted by Gasteiger charge is 2.21. The molecule has 0 saturated carbocycles. The Morgan fingerprint density at radius 3 is 2.59 bits per heavy atom. The number of hydrogen-bond acceptors (Lipinski definition) is 5. The third-order valence-corrected chi connectivity index (χ3v) is 4.68. The maximum Gasteiger partial charge on any atom is 0.237 e. The normalized spacial score (nSPS) is 12.0. The third kappa shape index (κ3) is 4.05. The molecule has 27 heavy (non-hydrogen) atoms. The van der Waals surface area contributed by atoms with Crippen molar-refractivity contribution in [2.45, 2.75) is 17.3 Å². The maximum atomic E-state index is 13.9. The van der Waals surface area contributed by atoms with Crippen LogP contribution >= 0.6 is 11.8 Å². The van der Waals surface area contributed by atoms with Gasteiger partial charge in [-0.1, -0.05) is 23.9 Å². The molecular formula is C17H14F3N5OS. The Bertz CT molecular complexity index is 994. The lowest BCUT2D eigenvalue weighted by atomic mass is 10.2. The van der Waals surface area contributed by atoms with Crippen LogP contribution in [0.15, 0.2) is 47.6 Å². The number of nitrogens with two attached hydrogens (primary N) is 1. The van der Waals surface area contributed by atoms with E-state index in [1.807, 2.05) is 0 Å². The van der Waals surface area contributed by atoms with Crippen molar-refractivity contribution < 1.29 is 18.0 Å². The van der Waals surface area contributed by atoms with Crippen LogP contribution in [0.5, 0.6) is 0 Å². The summed E-state index contributed by atoms with van der Waals surface area (Å²) in [4.78, 5) is 12.2. The van der Waals surface area contributed by atoms with Gasteiger partial charge < -0.3 is 11.2 Å². The van der Waals surface area contributed by atoms with E-state index in [4.69, 9.17) is 5.84 Å². The molecule has 0 unspecified atom stereocenters. The molecule has 10 heteroatoms. The van der Waals surface area contributed by atoms with Crippen molar-refractivity contribution in [3.05, 3.63) is 59.9 Å². The standard InChI is InChI=1S/C17H14F3N5OS/c1-9(16(26)22-14-7-6-10(18)8-13(14)20)27-17-24-23-15(25(17)21)11-4-2-3-5-12(11)19/h2-9H,21H2,1H3,(H,22,26)/t9-/m1/s1. The van der Waals surface area contributed by atoms with Gasteiger partial charge in [-0.05, 0) is 31.2 Å². The van der Waals surface area contributed by atoms with Gasteiger partial charge in [0.15, 0.2) is 5.82 Å². The predicted molar refractivity (Wildman–Crippen MR) is 95.9 cm³/mol. The monoisotopic (exact) mass is 393 g/mol. The molecule has 0 saturated heterocycles. The van der Waals surface area contributed by atoms with Crippen LogP contribution in [0.25, 0.3) is 11.4 Å². The third-order valence-electron chi connectivity index (χ3n) is 3.62. The average molecular weight is 393 g/mol. The highest BCUT2D eigenvalue weighted by Crippen LogP contribution is 2.27. The fourth-order valence-corrected chi connectivity index (χ4v) is 2.99. The van der Waals surface area contributed by atoms with Gasteiger partial charge in [-0.3, -0.25) is 4.79 Å². The van der Waals surface area contributed by atoms with Crippen LogP contribution in [0, 0.1) is 17.5 Å². The van der Waals surface area contributed by atoms with Gasteiger partial charge >= 0.3 is 0 Å². The molecule has 1 amide bonds. The Labute approximate surface area is 156 Å². The van der Waals surface area contributed by atoms with E-state index in [0.29, 0.717) is 6.07 Å². The Morgan fingerprint density at radius 1 is 1.15 bits per heavy atom. The number of benzene rings is 2. The summed E-state index contributed by atoms with van der Waals surface area (Å²) in [5.74, 6) is 3.34. The summed E-state index contributed by atoms with van der Waals surface area (Å²) < 4.78 is 41.6. The van der Waals surface area contributed by atoms with Gasteiger partial charge in [0.05, 0.1) is 16.5 Å². The number of amides is 1. The second kappa shape index (κ2) is 7.70. The van der Waals surface area contributed by atoms with E-state index in [0.717, 1.165) is 28.6 Å². The van der Waals surface area contributed by atoms with Crippen molar-refractivity contribution >= 4 is 23.4 Å². The Hall–Kier alpha value is -3.01. The zero-order chi connectivity index (χ0) is 19.6. The Balaban J connectivity index is 1.73. The van der Waals surface area contributed by atoms with Gasteiger partial charge in [-0.15, -0.1) is 10.2 Å². The highest BCUT2D eigenvalue weighted by atomic mass is 32.2. The van der Waals surface area contributed by atoms with E-state index in [9.17, 15) is 18.0 Å². The van der Waals surface area contributed by atoms with Crippen molar-refractivity contribution in [3.8, 4) is 11.4 Å². The van der Waals surface area contributed by atoms with Crippen molar-refractivity contribution in [2.75, 3.05) is 11.2 Å². The number of nitrogens with zero attached hydrogens (tertiary/aromatic N) is 3. The molecule has 0 aliphatic rings. The van der Waals surface area contributed by atoms with Gasteiger partial charge in [0.1, 0.15) is 17.5 Å². The van der Waals surface area contributed by atoms with Gasteiger partial charge in [0.2, 0.25) is 11.1 Å². The fourth-order valence-electron chi connectivity index (χ4n) is 2.22. The summed E-state index contributed by atoms with van der Waals surface area (Å²) in [7, 11) is 0. The number of hydrogen-bond donors (Lipinski definition) is 2. The number of thioether (sulfide) groups is 1. The molecule has 2 aromatic carbocycles. The van der Waals surface area contributed by atoms with E-state index >= 15 is 0 Å². The lowest BCUT2D eigenvalue weighted by Crippen LogP contribution is -2.24. The lowest BCUT2D eigenvalue weighted by molar-refractivity contribution is -0.115. The number of nitrogens with one attached hydrogen (secondary N) is 1. The molecule has 0 radical (unpaired) electrons. The molecule has 1 heterocycles. The van der Waals surface area contributed by atoms with E-state index in [-0.39, 0.29) is 22.2 Å². The Morgan fingerprint density at radius 2 is 1.89 bits per heavy atom. The highest BCUT2D eigenvalue weighted by molar-refractivity contribution is 8.00. The number of carbonyl (C=O) groups excluding carboxylic acids is 1. The number of halogens is 3. The first-order valence-corrected chi connectivity index (χ1v) is 8.62. The molecule has 140 valence electrons. The molecular weight excluding hydrogens is 379 g/mol. The van der Waals surface area contributed by atoms with E-state index in [2.05, 4.69) is 15.5 Å². The molecule has 0 spiro atoms. The topological polar surface area (TPSA) is 85.8 Å². The predicted octanol–water partition coefficient (Wildman–Crippen LogP) is 3.20.